The number of nitrogens with one attached hydrogen (secondary N) is 2. The first-order valence-corrected chi connectivity index (χ1v) is 8.53. The fourth-order valence-electron chi connectivity index (χ4n) is 2.00. The second-order valence-corrected chi connectivity index (χ2v) is 7.01. The van der Waals surface area contributed by atoms with Crippen molar-refractivity contribution < 1.29 is 4.79 Å². The maximum absolute atomic E-state index is 12.2. The summed E-state index contributed by atoms with van der Waals surface area (Å²) < 4.78 is 0. The molecule has 0 aliphatic heterocycles. The van der Waals surface area contributed by atoms with Crippen LogP contribution in [0, 0.1) is 6.92 Å². The van der Waals surface area contributed by atoms with Crippen molar-refractivity contribution in [3.63, 3.8) is 0 Å². The zero-order valence-electron chi connectivity index (χ0n) is 11.7. The number of nitrogens with zero attached hydrogens (tertiary/aromatic N) is 2. The highest BCUT2D eigenvalue weighted by Crippen LogP contribution is 2.29. The van der Waals surface area contributed by atoms with Crippen LogP contribution in [0.5, 0.6) is 0 Å². The van der Waals surface area contributed by atoms with Crippen LogP contribution in [0.3, 0.4) is 0 Å². The number of hydrogen-bond acceptors (Lipinski definition) is 7. The summed E-state index contributed by atoms with van der Waals surface area (Å²) >= 11 is 2.84. The third-order valence-electron chi connectivity index (χ3n) is 3.36. The minimum atomic E-state index is -0.195. The maximum Gasteiger partial charge on any atom is 0.265 e. The van der Waals surface area contributed by atoms with Gasteiger partial charge >= 0.3 is 0 Å². The molecule has 4 N–H and O–H groups in total. The molecule has 1 amide bonds. The Morgan fingerprint density at radius 2 is 2.29 bits per heavy atom. The van der Waals surface area contributed by atoms with E-state index in [4.69, 9.17) is 5.73 Å². The summed E-state index contributed by atoms with van der Waals surface area (Å²) in [6.07, 6.45) is 3.56. The van der Waals surface area contributed by atoms with Crippen LogP contribution in [0.2, 0.25) is 0 Å². The van der Waals surface area contributed by atoms with E-state index in [-0.39, 0.29) is 11.7 Å². The highest BCUT2D eigenvalue weighted by atomic mass is 32.1. The van der Waals surface area contributed by atoms with Gasteiger partial charge in [-0.15, -0.1) is 11.3 Å². The van der Waals surface area contributed by atoms with Crippen LogP contribution < -0.4 is 16.4 Å². The fraction of sp³-hybridized carbons (Fsp3) is 0.462. The number of carbonyl (C=O) groups is 1. The molecule has 1 aliphatic carbocycles. The van der Waals surface area contributed by atoms with E-state index in [9.17, 15) is 4.79 Å². The van der Waals surface area contributed by atoms with Crippen LogP contribution in [0.1, 0.15) is 39.6 Å². The summed E-state index contributed by atoms with van der Waals surface area (Å²) in [5.74, 6) is 0.0918. The molecule has 6 nitrogen and oxygen atoms in total. The van der Waals surface area contributed by atoms with Gasteiger partial charge in [0.15, 0.2) is 5.13 Å². The molecule has 0 aromatic carbocycles. The number of anilines is 2. The van der Waals surface area contributed by atoms with Gasteiger partial charge in [-0.05, 0) is 26.2 Å². The molecule has 1 fully saturated rings. The van der Waals surface area contributed by atoms with Gasteiger partial charge in [0.2, 0.25) is 0 Å². The Morgan fingerprint density at radius 1 is 1.48 bits per heavy atom. The van der Waals surface area contributed by atoms with Gasteiger partial charge in [-0.3, -0.25) is 4.79 Å². The van der Waals surface area contributed by atoms with E-state index >= 15 is 0 Å². The van der Waals surface area contributed by atoms with Gasteiger partial charge < -0.3 is 16.4 Å². The van der Waals surface area contributed by atoms with Crippen LogP contribution >= 0.6 is 22.7 Å². The number of hydrogen-bond donors (Lipinski definition) is 3. The van der Waals surface area contributed by atoms with E-state index in [1.54, 1.807) is 0 Å². The smallest absolute Gasteiger partial charge is 0.265 e. The summed E-state index contributed by atoms with van der Waals surface area (Å²) in [5, 5.41) is 9.72. The zero-order chi connectivity index (χ0) is 14.8. The molecule has 0 bridgehead atoms. The number of nitrogen functional groups attached to an aromatic ring is 1. The van der Waals surface area contributed by atoms with Crippen LogP contribution in [-0.2, 0) is 6.54 Å². The quantitative estimate of drug-likeness (QED) is 0.785. The lowest BCUT2D eigenvalue weighted by Gasteiger charge is -2.25. The molecule has 2 heterocycles. The van der Waals surface area contributed by atoms with Gasteiger partial charge in [0.25, 0.3) is 5.91 Å². The zero-order valence-corrected chi connectivity index (χ0v) is 13.3. The molecule has 0 unspecified atom stereocenters. The summed E-state index contributed by atoms with van der Waals surface area (Å²) in [4.78, 5) is 21.2. The van der Waals surface area contributed by atoms with Gasteiger partial charge in [0.05, 0.1) is 6.54 Å². The minimum absolute atomic E-state index is 0.195. The second kappa shape index (κ2) is 5.98. The molecule has 8 heteroatoms. The van der Waals surface area contributed by atoms with Crippen molar-refractivity contribution in [1.82, 2.24) is 15.3 Å². The van der Waals surface area contributed by atoms with E-state index < -0.39 is 0 Å². The highest BCUT2D eigenvalue weighted by molar-refractivity contribution is 7.18. The lowest BCUT2D eigenvalue weighted by Crippen LogP contribution is -2.26. The molecule has 0 saturated heterocycles. The van der Waals surface area contributed by atoms with Crippen LogP contribution in [-0.4, -0.2) is 21.9 Å². The molecule has 21 heavy (non-hydrogen) atoms. The van der Waals surface area contributed by atoms with Gasteiger partial charge in [-0.25, -0.2) is 9.97 Å². The molecular formula is C13H17N5OS2. The Bertz CT molecular complexity index is 647. The number of aromatic nitrogens is 2. The third-order valence-corrected chi connectivity index (χ3v) is 5.33. The lowest BCUT2D eigenvalue weighted by atomic mass is 9.93. The SMILES string of the molecule is Cc1csc(CNC(=O)c2sc(NC3CCC3)nc2N)n1. The van der Waals surface area contributed by atoms with E-state index in [0.717, 1.165) is 28.7 Å². The molecule has 2 aromatic rings. The van der Waals surface area contributed by atoms with Crippen molar-refractivity contribution in [3.05, 3.63) is 21.0 Å². The molecular weight excluding hydrogens is 306 g/mol. The minimum Gasteiger partial charge on any atom is -0.382 e. The number of thiazole rings is 2. The Morgan fingerprint density at radius 3 is 2.90 bits per heavy atom. The first kappa shape index (κ1) is 14.3. The first-order chi connectivity index (χ1) is 10.1. The van der Waals surface area contributed by atoms with Crippen molar-refractivity contribution in [2.45, 2.75) is 38.8 Å². The molecule has 0 atom stereocenters. The monoisotopic (exact) mass is 323 g/mol. The molecule has 2 aromatic heterocycles. The van der Waals surface area contributed by atoms with E-state index in [0.29, 0.717) is 17.5 Å². The molecule has 112 valence electrons. The normalized spacial score (nSPS) is 14.7. The number of aryl methyl sites for hydroxylation is 1. The van der Waals surface area contributed by atoms with Crippen LogP contribution in [0.4, 0.5) is 10.9 Å². The van der Waals surface area contributed by atoms with Gasteiger partial charge in [0.1, 0.15) is 15.7 Å². The molecule has 0 radical (unpaired) electrons. The predicted octanol–water partition coefficient (Wildman–Crippen LogP) is 2.38. The highest BCUT2D eigenvalue weighted by Gasteiger charge is 2.21. The number of rotatable bonds is 5. The van der Waals surface area contributed by atoms with Crippen molar-refractivity contribution >= 4 is 39.5 Å². The Labute approximate surface area is 130 Å². The molecule has 1 aliphatic rings. The molecule has 0 spiro atoms. The fourth-order valence-corrected chi connectivity index (χ4v) is 3.59. The third kappa shape index (κ3) is 3.33. The average molecular weight is 323 g/mol. The van der Waals surface area contributed by atoms with Crippen molar-refractivity contribution in [2.75, 3.05) is 11.1 Å². The largest absolute Gasteiger partial charge is 0.382 e. The van der Waals surface area contributed by atoms with Crippen molar-refractivity contribution in [1.29, 1.82) is 0 Å². The predicted molar refractivity (Wildman–Crippen MR) is 85.8 cm³/mol. The van der Waals surface area contributed by atoms with E-state index in [1.165, 1.54) is 29.1 Å². The molecule has 3 rings (SSSR count). The van der Waals surface area contributed by atoms with Crippen molar-refractivity contribution in [3.8, 4) is 0 Å². The lowest BCUT2D eigenvalue weighted by molar-refractivity contribution is 0.0955. The Kier molecular flexibility index (Phi) is 4.07. The standard InChI is InChI=1S/C13H17N5OS2/c1-7-6-20-9(16-7)5-15-12(19)10-11(14)18-13(21-10)17-8-3-2-4-8/h6,8H,2-5,14H2,1H3,(H,15,19)(H,17,18). The molecule has 1 saturated carbocycles. The van der Waals surface area contributed by atoms with Crippen LogP contribution in [0.15, 0.2) is 5.38 Å². The second-order valence-electron chi connectivity index (χ2n) is 5.07. The van der Waals surface area contributed by atoms with Gasteiger partial charge in [-0.2, -0.15) is 0 Å². The summed E-state index contributed by atoms with van der Waals surface area (Å²) in [6, 6.07) is 0.477. The summed E-state index contributed by atoms with van der Waals surface area (Å²) in [7, 11) is 0. The number of nitrogens with two attached hydrogens (primary N) is 1. The van der Waals surface area contributed by atoms with E-state index in [1.807, 2.05) is 12.3 Å². The van der Waals surface area contributed by atoms with E-state index in [2.05, 4.69) is 20.6 Å². The van der Waals surface area contributed by atoms with Crippen LogP contribution in [0.25, 0.3) is 0 Å². The Hall–Kier alpha value is -1.67. The maximum atomic E-state index is 12.2. The Balaban J connectivity index is 1.60. The average Bonchev–Trinajstić information content (AvgIpc) is 2.97. The summed E-state index contributed by atoms with van der Waals surface area (Å²) in [5.41, 5.74) is 6.80. The number of amides is 1. The topological polar surface area (TPSA) is 92.9 Å². The first-order valence-electron chi connectivity index (χ1n) is 6.84. The summed E-state index contributed by atoms with van der Waals surface area (Å²) in [6.45, 7) is 2.35. The van der Waals surface area contributed by atoms with Crippen molar-refractivity contribution in [2.24, 2.45) is 0 Å². The van der Waals surface area contributed by atoms with Gasteiger partial charge in [0, 0.05) is 17.1 Å². The van der Waals surface area contributed by atoms with Gasteiger partial charge in [-0.1, -0.05) is 11.3 Å². The number of carbonyl (C=O) groups excluding carboxylic acids is 1.